The molecule has 4 nitrogen and oxygen atoms in total. The molecule has 1 atom stereocenters. The van der Waals surface area contributed by atoms with E-state index in [1.807, 2.05) is 18.2 Å². The second kappa shape index (κ2) is 8.90. The zero-order valence-electron chi connectivity index (χ0n) is 13.4. The summed E-state index contributed by atoms with van der Waals surface area (Å²) in [5.41, 5.74) is 7.68. The maximum atomic E-state index is 11.3. The second-order valence-electron chi connectivity index (χ2n) is 5.59. The highest BCUT2D eigenvalue weighted by atomic mass is 35.5. The Hall–Kier alpha value is -1.26. The molecule has 2 N–H and O–H groups in total. The number of hydrogen-bond acceptors (Lipinski definition) is 4. The molecule has 1 rings (SSSR count). The van der Waals surface area contributed by atoms with Gasteiger partial charge in [0.25, 0.3) is 0 Å². The van der Waals surface area contributed by atoms with Crippen LogP contribution in [0.4, 0.5) is 0 Å². The molecule has 0 saturated heterocycles. The Morgan fingerprint density at radius 3 is 1.95 bits per heavy atom. The highest BCUT2D eigenvalue weighted by molar-refractivity contribution is 5.85. The van der Waals surface area contributed by atoms with E-state index >= 15 is 0 Å². The molecule has 0 saturated carbocycles. The molecular formula is C16H26ClNO3. The molecule has 0 fully saturated rings. The highest BCUT2D eigenvalue weighted by Crippen LogP contribution is 2.34. The number of benzene rings is 1. The van der Waals surface area contributed by atoms with Crippen LogP contribution in [0.1, 0.15) is 57.6 Å². The summed E-state index contributed by atoms with van der Waals surface area (Å²) in [5, 5.41) is 0. The van der Waals surface area contributed by atoms with Crippen molar-refractivity contribution in [1.82, 2.24) is 0 Å². The lowest BCUT2D eigenvalue weighted by atomic mass is 9.94. The van der Waals surface area contributed by atoms with E-state index in [0.717, 1.165) is 16.9 Å². The van der Waals surface area contributed by atoms with Gasteiger partial charge in [0.15, 0.2) is 0 Å². The Morgan fingerprint density at radius 1 is 1.10 bits per heavy atom. The van der Waals surface area contributed by atoms with Crippen LogP contribution >= 0.6 is 12.4 Å². The largest absolute Gasteiger partial charge is 0.457 e. The van der Waals surface area contributed by atoms with Crippen molar-refractivity contribution >= 4 is 18.4 Å². The van der Waals surface area contributed by atoms with Crippen molar-refractivity contribution in [3.05, 3.63) is 29.3 Å². The summed E-state index contributed by atoms with van der Waals surface area (Å²) in [7, 11) is 0. The minimum Gasteiger partial charge on any atom is -0.457 e. The lowest BCUT2D eigenvalue weighted by Gasteiger charge is -2.20. The summed E-state index contributed by atoms with van der Waals surface area (Å²) in [6, 6.07) is 5.48. The molecule has 1 aromatic carbocycles. The Bertz CT molecular complexity index is 433. The molecular weight excluding hydrogens is 290 g/mol. The van der Waals surface area contributed by atoms with Crippen molar-refractivity contribution in [2.24, 2.45) is 5.73 Å². The van der Waals surface area contributed by atoms with Gasteiger partial charge in [-0.2, -0.15) is 0 Å². The van der Waals surface area contributed by atoms with E-state index in [0.29, 0.717) is 11.8 Å². The van der Waals surface area contributed by atoms with Crippen LogP contribution in [0.2, 0.25) is 0 Å². The van der Waals surface area contributed by atoms with Crippen LogP contribution in [0.25, 0.3) is 0 Å². The Balaban J connectivity index is 0.00000400. The van der Waals surface area contributed by atoms with Crippen molar-refractivity contribution in [3.8, 4) is 5.75 Å². The molecule has 5 heteroatoms. The predicted molar refractivity (Wildman–Crippen MR) is 87.1 cm³/mol. The molecule has 0 unspecified atom stereocenters. The van der Waals surface area contributed by atoms with E-state index in [2.05, 4.69) is 27.7 Å². The van der Waals surface area contributed by atoms with E-state index in [1.54, 1.807) is 6.92 Å². The number of ether oxygens (including phenoxy) is 2. The molecule has 0 aliphatic carbocycles. The first-order valence-electron chi connectivity index (χ1n) is 7.02. The van der Waals surface area contributed by atoms with Crippen LogP contribution in [0, 0.1) is 0 Å². The monoisotopic (exact) mass is 315 g/mol. The molecule has 21 heavy (non-hydrogen) atoms. The topological polar surface area (TPSA) is 61.5 Å². The summed E-state index contributed by atoms with van der Waals surface area (Å²) < 4.78 is 10.7. The van der Waals surface area contributed by atoms with Crippen LogP contribution in [-0.2, 0) is 9.53 Å². The molecule has 0 bridgehead atoms. The third kappa shape index (κ3) is 5.56. The Kier molecular flexibility index (Phi) is 8.37. The van der Waals surface area contributed by atoms with Crippen LogP contribution in [0.5, 0.6) is 5.75 Å². The first-order chi connectivity index (χ1) is 9.34. The smallest absolute Gasteiger partial charge is 0.325 e. The van der Waals surface area contributed by atoms with Crippen LogP contribution < -0.4 is 10.5 Å². The van der Waals surface area contributed by atoms with Crippen molar-refractivity contribution < 1.29 is 14.3 Å². The van der Waals surface area contributed by atoms with Gasteiger partial charge >= 0.3 is 5.97 Å². The van der Waals surface area contributed by atoms with Gasteiger partial charge in [0.1, 0.15) is 11.8 Å². The number of nitrogens with two attached hydrogens (primary N) is 1. The van der Waals surface area contributed by atoms with Gasteiger partial charge in [-0.05, 0) is 29.9 Å². The van der Waals surface area contributed by atoms with E-state index in [9.17, 15) is 4.79 Å². The highest BCUT2D eigenvalue weighted by Gasteiger charge is 2.16. The molecule has 0 aliphatic heterocycles. The van der Waals surface area contributed by atoms with Crippen molar-refractivity contribution in [2.45, 2.75) is 52.5 Å². The van der Waals surface area contributed by atoms with Gasteiger partial charge < -0.3 is 15.2 Å². The molecule has 0 aliphatic rings. The van der Waals surface area contributed by atoms with Crippen LogP contribution in [0.3, 0.4) is 0 Å². The Morgan fingerprint density at radius 2 is 1.57 bits per heavy atom. The van der Waals surface area contributed by atoms with Crippen molar-refractivity contribution in [1.29, 1.82) is 0 Å². The van der Waals surface area contributed by atoms with Crippen molar-refractivity contribution in [3.63, 3.8) is 0 Å². The summed E-state index contributed by atoms with van der Waals surface area (Å²) in [4.78, 5) is 11.3. The van der Waals surface area contributed by atoms with E-state index in [-0.39, 0.29) is 19.2 Å². The lowest BCUT2D eigenvalue weighted by Crippen LogP contribution is -2.30. The van der Waals surface area contributed by atoms with Crippen LogP contribution in [-0.4, -0.2) is 18.8 Å². The zero-order valence-corrected chi connectivity index (χ0v) is 14.2. The van der Waals surface area contributed by atoms with Gasteiger partial charge in [-0.15, -0.1) is 12.4 Å². The molecule has 0 spiro atoms. The van der Waals surface area contributed by atoms with Crippen LogP contribution in [0.15, 0.2) is 18.2 Å². The number of rotatable bonds is 6. The summed E-state index contributed by atoms with van der Waals surface area (Å²) in [6.45, 7) is 9.93. The minimum absolute atomic E-state index is 0. The van der Waals surface area contributed by atoms with Gasteiger partial charge in [-0.3, -0.25) is 4.79 Å². The standard InChI is InChI=1S/C16H25NO3.ClH/c1-10(2)13-7-6-8-14(11(3)4)15(13)19-9-20-16(18)12(5)17;/h6-8,10-12H,9,17H2,1-5H3;1H/t12-;/m0./s1. The summed E-state index contributed by atoms with van der Waals surface area (Å²) >= 11 is 0. The fraction of sp³-hybridized carbons (Fsp3) is 0.562. The molecule has 0 aromatic heterocycles. The molecule has 1 aromatic rings. The van der Waals surface area contributed by atoms with Gasteiger partial charge in [-0.25, -0.2) is 0 Å². The molecule has 0 radical (unpaired) electrons. The first-order valence-corrected chi connectivity index (χ1v) is 7.02. The van der Waals surface area contributed by atoms with Gasteiger partial charge in [0, 0.05) is 0 Å². The second-order valence-corrected chi connectivity index (χ2v) is 5.59. The lowest BCUT2D eigenvalue weighted by molar-refractivity contribution is -0.151. The summed E-state index contributed by atoms with van der Waals surface area (Å²) in [5.74, 6) is 1.04. The average Bonchev–Trinajstić information content (AvgIpc) is 2.37. The Labute approximate surface area is 133 Å². The summed E-state index contributed by atoms with van der Waals surface area (Å²) in [6.07, 6.45) is 0. The number of para-hydroxylation sites is 1. The van der Waals surface area contributed by atoms with Gasteiger partial charge in [0.05, 0.1) is 0 Å². The molecule has 0 amide bonds. The molecule has 120 valence electrons. The number of hydrogen-bond donors (Lipinski definition) is 1. The third-order valence-corrected chi connectivity index (χ3v) is 3.10. The van der Waals surface area contributed by atoms with E-state index < -0.39 is 12.0 Å². The number of carbonyl (C=O) groups is 1. The van der Waals surface area contributed by atoms with Gasteiger partial charge in [-0.1, -0.05) is 45.9 Å². The average molecular weight is 316 g/mol. The number of halogens is 1. The zero-order chi connectivity index (χ0) is 15.3. The maximum Gasteiger partial charge on any atom is 0.325 e. The maximum absolute atomic E-state index is 11.3. The van der Waals surface area contributed by atoms with Crippen molar-refractivity contribution in [2.75, 3.05) is 6.79 Å². The normalized spacial score (nSPS) is 12.0. The van der Waals surface area contributed by atoms with E-state index in [1.165, 1.54) is 0 Å². The SMILES string of the molecule is CC(C)c1cccc(C(C)C)c1OCOC(=O)[C@H](C)N.Cl. The quantitative estimate of drug-likeness (QED) is 0.644. The minimum atomic E-state index is -0.636. The predicted octanol–water partition coefficient (Wildman–Crippen LogP) is 3.58. The number of carbonyl (C=O) groups excluding carboxylic acids is 1. The van der Waals surface area contributed by atoms with E-state index in [4.69, 9.17) is 15.2 Å². The fourth-order valence-electron chi connectivity index (χ4n) is 1.93. The van der Waals surface area contributed by atoms with Gasteiger partial charge in [0.2, 0.25) is 6.79 Å². The third-order valence-electron chi connectivity index (χ3n) is 3.10. The number of esters is 1. The first kappa shape index (κ1) is 19.7. The fourth-order valence-corrected chi connectivity index (χ4v) is 1.93. The molecule has 0 heterocycles.